The molecule has 0 aromatic carbocycles. The molecule has 0 fully saturated rings. The SMILES string of the molecule is CCCCC(C)C(C)I. The molecular formula is C8H17I. The maximum atomic E-state index is 2.51. The van der Waals surface area contributed by atoms with Crippen LogP contribution in [0.15, 0.2) is 0 Å². The third-order valence-electron chi connectivity index (χ3n) is 1.80. The lowest BCUT2D eigenvalue weighted by atomic mass is 10.0. The predicted molar refractivity (Wildman–Crippen MR) is 52.2 cm³/mol. The fourth-order valence-corrected chi connectivity index (χ4v) is 1.12. The lowest BCUT2D eigenvalue weighted by molar-refractivity contribution is 0.513. The molecule has 0 saturated heterocycles. The van der Waals surface area contributed by atoms with Crippen LogP contribution in [-0.4, -0.2) is 3.92 Å². The largest absolute Gasteiger partial charge is 0.0826 e. The van der Waals surface area contributed by atoms with Gasteiger partial charge in [0, 0.05) is 3.92 Å². The smallest absolute Gasteiger partial charge is 0.0107 e. The van der Waals surface area contributed by atoms with Gasteiger partial charge in [0.15, 0.2) is 0 Å². The Morgan fingerprint density at radius 3 is 2.22 bits per heavy atom. The second-order valence-electron chi connectivity index (χ2n) is 2.80. The quantitative estimate of drug-likeness (QED) is 0.520. The average molecular weight is 240 g/mol. The van der Waals surface area contributed by atoms with Crippen LogP contribution in [0.1, 0.15) is 40.0 Å². The number of halogens is 1. The molecule has 0 aliphatic carbocycles. The summed E-state index contributed by atoms with van der Waals surface area (Å²) in [4.78, 5) is 0. The zero-order chi connectivity index (χ0) is 7.28. The predicted octanol–water partition coefficient (Wildman–Crippen LogP) is 3.64. The van der Waals surface area contributed by atoms with E-state index in [9.17, 15) is 0 Å². The summed E-state index contributed by atoms with van der Waals surface area (Å²) in [6.45, 7) is 6.89. The Morgan fingerprint density at radius 1 is 1.33 bits per heavy atom. The minimum Gasteiger partial charge on any atom is -0.0826 e. The third-order valence-corrected chi connectivity index (χ3v) is 3.02. The summed E-state index contributed by atoms with van der Waals surface area (Å²) in [7, 11) is 0. The van der Waals surface area contributed by atoms with E-state index in [2.05, 4.69) is 43.4 Å². The van der Waals surface area contributed by atoms with Gasteiger partial charge >= 0.3 is 0 Å². The molecule has 1 heteroatoms. The Hall–Kier alpha value is 0.730. The first-order valence-corrected chi connectivity index (χ1v) is 5.07. The van der Waals surface area contributed by atoms with Crippen LogP contribution in [0.2, 0.25) is 0 Å². The zero-order valence-corrected chi connectivity index (χ0v) is 8.81. The molecule has 9 heavy (non-hydrogen) atoms. The molecule has 2 unspecified atom stereocenters. The highest BCUT2D eigenvalue weighted by Gasteiger charge is 2.06. The normalized spacial score (nSPS) is 17.3. The van der Waals surface area contributed by atoms with Crippen LogP contribution in [0, 0.1) is 5.92 Å². The fourth-order valence-electron chi connectivity index (χ4n) is 0.756. The number of unbranched alkanes of at least 4 members (excludes halogenated alkanes) is 1. The molecule has 0 saturated carbocycles. The van der Waals surface area contributed by atoms with Crippen molar-refractivity contribution in [2.45, 2.75) is 44.0 Å². The van der Waals surface area contributed by atoms with E-state index in [4.69, 9.17) is 0 Å². The maximum absolute atomic E-state index is 2.51. The maximum Gasteiger partial charge on any atom is 0.0107 e. The molecule has 56 valence electrons. The summed E-state index contributed by atoms with van der Waals surface area (Å²) in [5.74, 6) is 0.908. The van der Waals surface area contributed by atoms with Gasteiger partial charge in [0.1, 0.15) is 0 Å². The second-order valence-corrected chi connectivity index (χ2v) is 4.76. The molecule has 0 aliphatic rings. The van der Waals surface area contributed by atoms with E-state index in [1.165, 1.54) is 19.3 Å². The first kappa shape index (κ1) is 9.73. The van der Waals surface area contributed by atoms with E-state index >= 15 is 0 Å². The van der Waals surface area contributed by atoms with Crippen molar-refractivity contribution in [3.8, 4) is 0 Å². The monoisotopic (exact) mass is 240 g/mol. The van der Waals surface area contributed by atoms with Crippen molar-refractivity contribution in [2.24, 2.45) is 5.92 Å². The average Bonchev–Trinajstić information content (AvgIpc) is 1.82. The number of rotatable bonds is 4. The highest BCUT2D eigenvalue weighted by molar-refractivity contribution is 14.1. The highest BCUT2D eigenvalue weighted by Crippen LogP contribution is 2.17. The number of alkyl halides is 1. The van der Waals surface area contributed by atoms with E-state index in [-0.39, 0.29) is 0 Å². The second kappa shape index (κ2) is 5.51. The summed E-state index contributed by atoms with van der Waals surface area (Å²) in [5, 5.41) is 0. The standard InChI is InChI=1S/C8H17I/c1-4-5-6-7(2)8(3)9/h7-8H,4-6H2,1-3H3. The molecule has 0 rings (SSSR count). The number of hydrogen-bond donors (Lipinski definition) is 0. The van der Waals surface area contributed by atoms with Gasteiger partial charge in [0.25, 0.3) is 0 Å². The molecule has 0 nitrogen and oxygen atoms in total. The summed E-state index contributed by atoms with van der Waals surface area (Å²) >= 11 is 2.51. The van der Waals surface area contributed by atoms with Gasteiger partial charge in [-0.15, -0.1) is 0 Å². The van der Waals surface area contributed by atoms with Crippen LogP contribution in [0.4, 0.5) is 0 Å². The Labute approximate surface area is 72.6 Å². The Bertz CT molecular complexity index is 59.6. The van der Waals surface area contributed by atoms with Gasteiger partial charge in [-0.05, 0) is 12.3 Å². The van der Waals surface area contributed by atoms with Gasteiger partial charge in [-0.25, -0.2) is 0 Å². The molecule has 0 spiro atoms. The topological polar surface area (TPSA) is 0 Å². The van der Waals surface area contributed by atoms with Crippen molar-refractivity contribution in [3.63, 3.8) is 0 Å². The van der Waals surface area contributed by atoms with Crippen molar-refractivity contribution in [2.75, 3.05) is 0 Å². The molecular weight excluding hydrogens is 223 g/mol. The van der Waals surface area contributed by atoms with Crippen molar-refractivity contribution in [3.05, 3.63) is 0 Å². The van der Waals surface area contributed by atoms with Gasteiger partial charge < -0.3 is 0 Å². The first-order valence-electron chi connectivity index (χ1n) is 3.82. The van der Waals surface area contributed by atoms with E-state index in [0.29, 0.717) is 0 Å². The van der Waals surface area contributed by atoms with E-state index < -0.39 is 0 Å². The van der Waals surface area contributed by atoms with Gasteiger partial charge in [0.05, 0.1) is 0 Å². The zero-order valence-electron chi connectivity index (χ0n) is 6.65. The summed E-state index contributed by atoms with van der Waals surface area (Å²) in [5.41, 5.74) is 0. The molecule has 0 heterocycles. The van der Waals surface area contributed by atoms with Crippen molar-refractivity contribution in [1.82, 2.24) is 0 Å². The Kier molecular flexibility index (Phi) is 5.96. The number of hydrogen-bond acceptors (Lipinski definition) is 0. The molecule has 0 amide bonds. The van der Waals surface area contributed by atoms with E-state index in [0.717, 1.165) is 9.84 Å². The molecule has 0 bridgehead atoms. The Balaban J connectivity index is 3.16. The van der Waals surface area contributed by atoms with Crippen LogP contribution in [0.5, 0.6) is 0 Å². The molecule has 0 radical (unpaired) electrons. The van der Waals surface area contributed by atoms with Crippen LogP contribution < -0.4 is 0 Å². The molecule has 0 N–H and O–H groups in total. The van der Waals surface area contributed by atoms with Gasteiger partial charge in [0.2, 0.25) is 0 Å². The Morgan fingerprint density at radius 2 is 1.89 bits per heavy atom. The minimum absolute atomic E-state index is 0.842. The molecule has 0 aromatic rings. The van der Waals surface area contributed by atoms with E-state index in [1.54, 1.807) is 0 Å². The van der Waals surface area contributed by atoms with Crippen molar-refractivity contribution in [1.29, 1.82) is 0 Å². The van der Waals surface area contributed by atoms with Crippen LogP contribution in [-0.2, 0) is 0 Å². The van der Waals surface area contributed by atoms with Crippen LogP contribution >= 0.6 is 22.6 Å². The van der Waals surface area contributed by atoms with Crippen LogP contribution in [0.25, 0.3) is 0 Å². The van der Waals surface area contributed by atoms with Crippen molar-refractivity contribution < 1.29 is 0 Å². The lowest BCUT2D eigenvalue weighted by Gasteiger charge is -2.12. The van der Waals surface area contributed by atoms with Crippen molar-refractivity contribution >= 4 is 22.6 Å². The molecule has 0 aromatic heterocycles. The van der Waals surface area contributed by atoms with Gasteiger partial charge in [-0.3, -0.25) is 0 Å². The minimum atomic E-state index is 0.842. The van der Waals surface area contributed by atoms with Gasteiger partial charge in [-0.2, -0.15) is 0 Å². The highest BCUT2D eigenvalue weighted by atomic mass is 127. The lowest BCUT2D eigenvalue weighted by Crippen LogP contribution is -2.05. The van der Waals surface area contributed by atoms with Gasteiger partial charge in [-0.1, -0.05) is 56.2 Å². The van der Waals surface area contributed by atoms with Crippen LogP contribution in [0.3, 0.4) is 0 Å². The van der Waals surface area contributed by atoms with E-state index in [1.807, 2.05) is 0 Å². The first-order chi connectivity index (χ1) is 4.18. The third kappa shape index (κ3) is 5.19. The fraction of sp³-hybridized carbons (Fsp3) is 1.00. The summed E-state index contributed by atoms with van der Waals surface area (Å²) < 4.78 is 0.842. The summed E-state index contributed by atoms with van der Waals surface area (Å²) in [6, 6.07) is 0. The molecule has 2 atom stereocenters. The summed E-state index contributed by atoms with van der Waals surface area (Å²) in [6.07, 6.45) is 4.14. The molecule has 0 aliphatic heterocycles.